The molecular formula is C16H12FNO3. The minimum absolute atomic E-state index is 0.102. The molecule has 1 aliphatic rings. The second kappa shape index (κ2) is 5.36. The highest BCUT2D eigenvalue weighted by Crippen LogP contribution is 2.29. The van der Waals surface area contributed by atoms with Gasteiger partial charge in [0.2, 0.25) is 0 Å². The van der Waals surface area contributed by atoms with Gasteiger partial charge in [-0.25, -0.2) is 9.18 Å². The van der Waals surface area contributed by atoms with Gasteiger partial charge in [0, 0.05) is 12.5 Å². The van der Waals surface area contributed by atoms with Crippen molar-refractivity contribution in [1.82, 2.24) is 4.98 Å². The molecule has 0 saturated heterocycles. The van der Waals surface area contributed by atoms with E-state index in [4.69, 9.17) is 4.74 Å². The number of carbonyl (C=O) groups is 1. The van der Waals surface area contributed by atoms with E-state index < -0.39 is 11.8 Å². The van der Waals surface area contributed by atoms with Crippen molar-refractivity contribution < 1.29 is 18.7 Å². The first-order valence-electron chi connectivity index (χ1n) is 6.38. The second-order valence-corrected chi connectivity index (χ2v) is 4.55. The van der Waals surface area contributed by atoms with E-state index in [1.807, 2.05) is 12.2 Å². The summed E-state index contributed by atoms with van der Waals surface area (Å²) in [4.78, 5) is 15.9. The number of ether oxygens (including phenoxy) is 2. The third-order valence-electron chi connectivity index (χ3n) is 3.16. The van der Waals surface area contributed by atoms with Gasteiger partial charge in [-0.15, -0.1) is 0 Å². The number of halogens is 1. The summed E-state index contributed by atoms with van der Waals surface area (Å²) < 4.78 is 23.6. The average Bonchev–Trinajstić information content (AvgIpc) is 2.94. The fourth-order valence-corrected chi connectivity index (χ4v) is 2.14. The molecule has 0 radical (unpaired) electrons. The third-order valence-corrected chi connectivity index (χ3v) is 3.16. The Labute approximate surface area is 120 Å². The van der Waals surface area contributed by atoms with Crippen molar-refractivity contribution >= 4 is 12.0 Å². The summed E-state index contributed by atoms with van der Waals surface area (Å²) in [5.74, 6) is -0.535. The summed E-state index contributed by atoms with van der Waals surface area (Å²) >= 11 is 0. The van der Waals surface area contributed by atoms with Crippen molar-refractivity contribution in [3.8, 4) is 11.5 Å². The summed E-state index contributed by atoms with van der Waals surface area (Å²) in [5, 5.41) is 0. The Balaban J connectivity index is 1.95. The molecule has 5 heteroatoms. The number of methoxy groups -OCH3 is 1. The second-order valence-electron chi connectivity index (χ2n) is 4.55. The number of allylic oxidation sites excluding steroid dienone is 1. The molecule has 0 bridgehead atoms. The maximum Gasteiger partial charge on any atom is 0.341 e. The standard InChI is InChI=1S/C16H12FNO3/c1-20-16(19)13-6-5-11(17)8-15(13)21-12-7-10-3-2-4-14(10)18-9-12/h2-3,5-9H,4H2,1H3. The van der Waals surface area contributed by atoms with Gasteiger partial charge in [-0.3, -0.25) is 4.98 Å². The Morgan fingerprint density at radius 1 is 1.33 bits per heavy atom. The third kappa shape index (κ3) is 2.63. The van der Waals surface area contributed by atoms with E-state index in [0.29, 0.717) is 5.75 Å². The van der Waals surface area contributed by atoms with Gasteiger partial charge < -0.3 is 9.47 Å². The van der Waals surface area contributed by atoms with Crippen LogP contribution in [0.4, 0.5) is 4.39 Å². The van der Waals surface area contributed by atoms with E-state index in [1.54, 1.807) is 12.3 Å². The predicted octanol–water partition coefficient (Wildman–Crippen LogP) is 3.37. The van der Waals surface area contributed by atoms with Crippen LogP contribution in [-0.2, 0) is 11.2 Å². The number of pyridine rings is 1. The highest BCUT2D eigenvalue weighted by molar-refractivity contribution is 5.92. The van der Waals surface area contributed by atoms with E-state index >= 15 is 0 Å². The molecule has 1 aliphatic carbocycles. The Hall–Kier alpha value is -2.69. The zero-order valence-electron chi connectivity index (χ0n) is 11.3. The van der Waals surface area contributed by atoms with Crippen molar-refractivity contribution in [3.05, 3.63) is 59.2 Å². The Bertz CT molecular complexity index is 740. The molecule has 0 unspecified atom stereocenters. The molecule has 0 atom stereocenters. The van der Waals surface area contributed by atoms with Crippen LogP contribution in [0.1, 0.15) is 21.6 Å². The first-order chi connectivity index (χ1) is 10.2. The normalized spacial score (nSPS) is 12.1. The van der Waals surface area contributed by atoms with Gasteiger partial charge in [-0.1, -0.05) is 12.2 Å². The van der Waals surface area contributed by atoms with Gasteiger partial charge in [-0.2, -0.15) is 0 Å². The molecule has 1 aromatic carbocycles. The first-order valence-corrected chi connectivity index (χ1v) is 6.38. The first kappa shape index (κ1) is 13.3. The Morgan fingerprint density at radius 2 is 2.19 bits per heavy atom. The van der Waals surface area contributed by atoms with Crippen LogP contribution in [0.25, 0.3) is 6.08 Å². The maximum atomic E-state index is 13.4. The molecule has 1 heterocycles. The molecule has 0 saturated carbocycles. The number of hydrogen-bond acceptors (Lipinski definition) is 4. The number of nitrogens with zero attached hydrogens (tertiary/aromatic N) is 1. The minimum Gasteiger partial charge on any atom is -0.465 e. The summed E-state index contributed by atoms with van der Waals surface area (Å²) in [6.45, 7) is 0. The van der Waals surface area contributed by atoms with Crippen LogP contribution in [-0.4, -0.2) is 18.1 Å². The molecule has 1 aromatic heterocycles. The van der Waals surface area contributed by atoms with Crippen LogP contribution >= 0.6 is 0 Å². The average molecular weight is 285 g/mol. The molecular weight excluding hydrogens is 273 g/mol. The predicted molar refractivity (Wildman–Crippen MR) is 74.8 cm³/mol. The Morgan fingerprint density at radius 3 is 3.00 bits per heavy atom. The topological polar surface area (TPSA) is 48.4 Å². The van der Waals surface area contributed by atoms with Crippen molar-refractivity contribution in [2.45, 2.75) is 6.42 Å². The molecule has 2 aromatic rings. The van der Waals surface area contributed by atoms with Crippen molar-refractivity contribution in [2.75, 3.05) is 7.11 Å². The van der Waals surface area contributed by atoms with Crippen LogP contribution < -0.4 is 4.74 Å². The van der Waals surface area contributed by atoms with Crippen LogP contribution in [0.2, 0.25) is 0 Å². The van der Waals surface area contributed by atoms with E-state index in [1.165, 1.54) is 19.2 Å². The Kier molecular flexibility index (Phi) is 3.39. The summed E-state index contributed by atoms with van der Waals surface area (Å²) in [6, 6.07) is 5.47. The lowest BCUT2D eigenvalue weighted by molar-refractivity contribution is 0.0598. The highest BCUT2D eigenvalue weighted by atomic mass is 19.1. The summed E-state index contributed by atoms with van der Waals surface area (Å²) in [7, 11) is 1.26. The van der Waals surface area contributed by atoms with Crippen LogP contribution in [0.3, 0.4) is 0 Å². The van der Waals surface area contributed by atoms with Gasteiger partial charge in [0.15, 0.2) is 0 Å². The van der Waals surface area contributed by atoms with Crippen LogP contribution in [0, 0.1) is 5.82 Å². The fourth-order valence-electron chi connectivity index (χ4n) is 2.14. The smallest absolute Gasteiger partial charge is 0.341 e. The monoisotopic (exact) mass is 285 g/mol. The molecule has 106 valence electrons. The number of aromatic nitrogens is 1. The lowest BCUT2D eigenvalue weighted by atomic mass is 10.2. The molecule has 0 fully saturated rings. The molecule has 21 heavy (non-hydrogen) atoms. The van der Waals surface area contributed by atoms with E-state index in [9.17, 15) is 9.18 Å². The molecule has 4 nitrogen and oxygen atoms in total. The number of carbonyl (C=O) groups excluding carboxylic acids is 1. The van der Waals surface area contributed by atoms with Crippen molar-refractivity contribution in [2.24, 2.45) is 0 Å². The van der Waals surface area contributed by atoms with Gasteiger partial charge in [0.1, 0.15) is 22.9 Å². The van der Waals surface area contributed by atoms with Crippen LogP contribution in [0.5, 0.6) is 11.5 Å². The molecule has 3 rings (SSSR count). The minimum atomic E-state index is -0.584. The molecule has 0 N–H and O–H groups in total. The lowest BCUT2D eigenvalue weighted by Gasteiger charge is -2.10. The van der Waals surface area contributed by atoms with Gasteiger partial charge >= 0.3 is 5.97 Å². The number of benzene rings is 1. The summed E-state index contributed by atoms with van der Waals surface area (Å²) in [6.07, 6.45) is 6.30. The zero-order chi connectivity index (χ0) is 14.8. The van der Waals surface area contributed by atoms with E-state index in [0.717, 1.165) is 23.7 Å². The van der Waals surface area contributed by atoms with Gasteiger partial charge in [0.25, 0.3) is 0 Å². The number of hydrogen-bond donors (Lipinski definition) is 0. The highest BCUT2D eigenvalue weighted by Gasteiger charge is 2.16. The number of fused-ring (bicyclic) bond motifs is 1. The lowest BCUT2D eigenvalue weighted by Crippen LogP contribution is -2.04. The van der Waals surface area contributed by atoms with Crippen molar-refractivity contribution in [3.63, 3.8) is 0 Å². The van der Waals surface area contributed by atoms with Crippen LogP contribution in [0.15, 0.2) is 36.5 Å². The van der Waals surface area contributed by atoms with Crippen molar-refractivity contribution in [1.29, 1.82) is 0 Å². The number of esters is 1. The van der Waals surface area contributed by atoms with Gasteiger partial charge in [-0.05, 0) is 23.8 Å². The largest absolute Gasteiger partial charge is 0.465 e. The molecule has 0 aliphatic heterocycles. The van der Waals surface area contributed by atoms with E-state index in [2.05, 4.69) is 9.72 Å². The zero-order valence-corrected chi connectivity index (χ0v) is 11.3. The van der Waals surface area contributed by atoms with E-state index in [-0.39, 0.29) is 11.3 Å². The summed E-state index contributed by atoms with van der Waals surface area (Å²) in [5.41, 5.74) is 2.09. The molecule has 0 amide bonds. The fraction of sp³-hybridized carbons (Fsp3) is 0.125. The quantitative estimate of drug-likeness (QED) is 0.811. The SMILES string of the molecule is COC(=O)c1ccc(F)cc1Oc1cnc2c(c1)C=CC2. The van der Waals surface area contributed by atoms with Gasteiger partial charge in [0.05, 0.1) is 19.0 Å². The molecule has 0 spiro atoms. The maximum absolute atomic E-state index is 13.4. The number of rotatable bonds is 3.